The summed E-state index contributed by atoms with van der Waals surface area (Å²) in [7, 11) is 0. The van der Waals surface area contributed by atoms with Crippen molar-refractivity contribution in [1.82, 2.24) is 4.98 Å². The molecule has 0 aromatic carbocycles. The third-order valence-corrected chi connectivity index (χ3v) is 3.76. The predicted octanol–water partition coefficient (Wildman–Crippen LogP) is 3.38. The van der Waals surface area contributed by atoms with Gasteiger partial charge in [0.25, 0.3) is 0 Å². The van der Waals surface area contributed by atoms with Crippen LogP contribution in [0, 0.1) is 6.92 Å². The van der Waals surface area contributed by atoms with Crippen LogP contribution in [0.4, 0.5) is 0 Å². The van der Waals surface area contributed by atoms with Crippen LogP contribution in [0.5, 0.6) is 0 Å². The summed E-state index contributed by atoms with van der Waals surface area (Å²) >= 11 is 7.24. The zero-order chi connectivity index (χ0) is 11.5. The lowest BCUT2D eigenvalue weighted by atomic mass is 10.1. The fourth-order valence-corrected chi connectivity index (χ4v) is 2.57. The van der Waals surface area contributed by atoms with Crippen LogP contribution >= 0.6 is 22.9 Å². The van der Waals surface area contributed by atoms with Gasteiger partial charge in [-0.15, -0.1) is 11.3 Å². The average molecular weight is 254 g/mol. The molecule has 0 amide bonds. The van der Waals surface area contributed by atoms with E-state index in [9.17, 15) is 5.11 Å². The monoisotopic (exact) mass is 253 g/mol. The molecule has 16 heavy (non-hydrogen) atoms. The molecule has 0 aliphatic heterocycles. The van der Waals surface area contributed by atoms with Crippen molar-refractivity contribution in [3.8, 4) is 0 Å². The molecule has 84 valence electrons. The second-order valence-electron chi connectivity index (χ2n) is 3.63. The first kappa shape index (κ1) is 11.6. The van der Waals surface area contributed by atoms with Gasteiger partial charge in [-0.25, -0.2) is 0 Å². The van der Waals surface area contributed by atoms with Gasteiger partial charge >= 0.3 is 0 Å². The van der Waals surface area contributed by atoms with Crippen molar-refractivity contribution in [3.63, 3.8) is 0 Å². The van der Waals surface area contributed by atoms with Crippen LogP contribution in [0.3, 0.4) is 0 Å². The number of nitrogens with zero attached hydrogens (tertiary/aromatic N) is 1. The van der Waals surface area contributed by atoms with E-state index in [0.717, 1.165) is 16.1 Å². The second kappa shape index (κ2) is 4.95. The first-order valence-corrected chi connectivity index (χ1v) is 6.20. The minimum absolute atomic E-state index is 0.522. The van der Waals surface area contributed by atoms with E-state index in [1.165, 1.54) is 11.3 Å². The van der Waals surface area contributed by atoms with Crippen LogP contribution in [0.25, 0.3) is 0 Å². The molecular weight excluding hydrogens is 242 g/mol. The van der Waals surface area contributed by atoms with Crippen molar-refractivity contribution >= 4 is 22.9 Å². The first-order valence-electron chi connectivity index (χ1n) is 5.00. The van der Waals surface area contributed by atoms with E-state index in [1.54, 1.807) is 12.3 Å². The molecule has 2 aromatic rings. The molecule has 1 N–H and O–H groups in total. The molecule has 0 saturated carbocycles. The fraction of sp³-hybridized carbons (Fsp3) is 0.250. The second-order valence-corrected chi connectivity index (χ2v) is 5.38. The third-order valence-electron chi connectivity index (χ3n) is 2.43. The van der Waals surface area contributed by atoms with E-state index in [1.807, 2.05) is 25.1 Å². The van der Waals surface area contributed by atoms with Gasteiger partial charge in [0.15, 0.2) is 0 Å². The standard InChI is InChI=1S/C12H12ClNOS/c1-8-3-2-6-14-9(8)7-10(15)11-4-5-12(13)16-11/h2-6,10,15H,7H2,1H3. The summed E-state index contributed by atoms with van der Waals surface area (Å²) in [5, 5.41) is 10.0. The van der Waals surface area contributed by atoms with Crippen molar-refractivity contribution in [3.05, 3.63) is 50.9 Å². The van der Waals surface area contributed by atoms with Gasteiger partial charge in [0.1, 0.15) is 0 Å². The van der Waals surface area contributed by atoms with E-state index in [4.69, 9.17) is 11.6 Å². The summed E-state index contributed by atoms with van der Waals surface area (Å²) in [6.07, 6.45) is 1.76. The fourth-order valence-electron chi connectivity index (χ4n) is 1.52. The lowest BCUT2D eigenvalue weighted by molar-refractivity contribution is 0.181. The SMILES string of the molecule is Cc1cccnc1CC(O)c1ccc(Cl)s1. The number of hydrogen-bond acceptors (Lipinski definition) is 3. The maximum Gasteiger partial charge on any atom is 0.0937 e. The summed E-state index contributed by atoms with van der Waals surface area (Å²) in [6, 6.07) is 7.55. The molecule has 0 bridgehead atoms. The Bertz CT molecular complexity index is 483. The molecule has 0 spiro atoms. The van der Waals surface area contributed by atoms with Crippen LogP contribution in [-0.4, -0.2) is 10.1 Å². The molecule has 0 radical (unpaired) electrons. The average Bonchev–Trinajstić information content (AvgIpc) is 2.68. The van der Waals surface area contributed by atoms with Crippen LogP contribution in [0.2, 0.25) is 4.34 Å². The molecule has 0 fully saturated rings. The number of rotatable bonds is 3. The largest absolute Gasteiger partial charge is 0.387 e. The smallest absolute Gasteiger partial charge is 0.0937 e. The highest BCUT2D eigenvalue weighted by Gasteiger charge is 2.12. The highest BCUT2D eigenvalue weighted by molar-refractivity contribution is 7.16. The molecule has 2 heterocycles. The molecule has 2 rings (SSSR count). The summed E-state index contributed by atoms with van der Waals surface area (Å²) in [5.74, 6) is 0. The number of halogens is 1. The van der Waals surface area contributed by atoms with Crippen molar-refractivity contribution in [1.29, 1.82) is 0 Å². The molecule has 1 atom stereocenters. The Balaban J connectivity index is 2.13. The van der Waals surface area contributed by atoms with E-state index in [2.05, 4.69) is 4.98 Å². The Kier molecular flexibility index (Phi) is 3.59. The van der Waals surface area contributed by atoms with Gasteiger partial charge in [-0.3, -0.25) is 4.98 Å². The number of aliphatic hydroxyl groups is 1. The molecular formula is C12H12ClNOS. The Labute approximate surface area is 104 Å². The Morgan fingerprint density at radius 3 is 2.88 bits per heavy atom. The van der Waals surface area contributed by atoms with Gasteiger partial charge in [0, 0.05) is 23.2 Å². The Morgan fingerprint density at radius 2 is 2.25 bits per heavy atom. The van der Waals surface area contributed by atoms with Gasteiger partial charge in [0.2, 0.25) is 0 Å². The van der Waals surface area contributed by atoms with Crippen LogP contribution in [0.1, 0.15) is 22.2 Å². The molecule has 4 heteroatoms. The van der Waals surface area contributed by atoms with Crippen LogP contribution in [-0.2, 0) is 6.42 Å². The highest BCUT2D eigenvalue weighted by atomic mass is 35.5. The normalized spacial score (nSPS) is 12.7. The van der Waals surface area contributed by atoms with Crippen molar-refractivity contribution in [2.75, 3.05) is 0 Å². The van der Waals surface area contributed by atoms with Crippen LogP contribution in [0.15, 0.2) is 30.5 Å². The molecule has 1 unspecified atom stereocenters. The first-order chi connectivity index (χ1) is 7.66. The van der Waals surface area contributed by atoms with Gasteiger partial charge in [0.05, 0.1) is 10.4 Å². The minimum Gasteiger partial charge on any atom is -0.387 e. The summed E-state index contributed by atoms with van der Waals surface area (Å²) in [6.45, 7) is 2.00. The van der Waals surface area contributed by atoms with E-state index < -0.39 is 6.10 Å². The van der Waals surface area contributed by atoms with Gasteiger partial charge in [-0.2, -0.15) is 0 Å². The summed E-state index contributed by atoms with van der Waals surface area (Å²) in [4.78, 5) is 5.15. The molecule has 0 saturated heterocycles. The Morgan fingerprint density at radius 1 is 1.44 bits per heavy atom. The lowest BCUT2D eigenvalue weighted by Gasteiger charge is -2.09. The number of hydrogen-bond donors (Lipinski definition) is 1. The number of aryl methyl sites for hydroxylation is 1. The molecule has 0 aliphatic carbocycles. The highest BCUT2D eigenvalue weighted by Crippen LogP contribution is 2.28. The van der Waals surface area contributed by atoms with Crippen molar-refractivity contribution in [2.45, 2.75) is 19.4 Å². The molecule has 2 nitrogen and oxygen atoms in total. The van der Waals surface area contributed by atoms with E-state index >= 15 is 0 Å². The summed E-state index contributed by atoms with van der Waals surface area (Å²) < 4.78 is 0.701. The quantitative estimate of drug-likeness (QED) is 0.910. The number of pyridine rings is 1. The van der Waals surface area contributed by atoms with Gasteiger partial charge in [-0.1, -0.05) is 17.7 Å². The van der Waals surface area contributed by atoms with E-state index in [-0.39, 0.29) is 0 Å². The predicted molar refractivity (Wildman–Crippen MR) is 67.0 cm³/mol. The zero-order valence-corrected chi connectivity index (χ0v) is 10.4. The van der Waals surface area contributed by atoms with E-state index in [0.29, 0.717) is 10.8 Å². The van der Waals surface area contributed by atoms with Crippen LogP contribution < -0.4 is 0 Å². The van der Waals surface area contributed by atoms with Crippen molar-refractivity contribution < 1.29 is 5.11 Å². The minimum atomic E-state index is -0.522. The number of thiophene rings is 1. The van der Waals surface area contributed by atoms with Crippen molar-refractivity contribution in [2.24, 2.45) is 0 Å². The Hall–Kier alpha value is -0.900. The summed E-state index contributed by atoms with van der Waals surface area (Å²) in [5.41, 5.74) is 2.03. The number of aromatic nitrogens is 1. The lowest BCUT2D eigenvalue weighted by Crippen LogP contribution is -2.03. The molecule has 2 aromatic heterocycles. The van der Waals surface area contributed by atoms with Gasteiger partial charge < -0.3 is 5.11 Å². The number of aliphatic hydroxyl groups excluding tert-OH is 1. The third kappa shape index (κ3) is 2.61. The maximum absolute atomic E-state index is 10.0. The van der Waals surface area contributed by atoms with Gasteiger partial charge in [-0.05, 0) is 30.7 Å². The maximum atomic E-state index is 10.0. The zero-order valence-electron chi connectivity index (χ0n) is 8.85. The molecule has 0 aliphatic rings. The topological polar surface area (TPSA) is 33.1 Å².